The highest BCUT2D eigenvalue weighted by atomic mass is 16.2. The first-order chi connectivity index (χ1) is 10.6. The van der Waals surface area contributed by atoms with E-state index in [0.29, 0.717) is 18.5 Å². The second kappa shape index (κ2) is 4.53. The summed E-state index contributed by atoms with van der Waals surface area (Å²) in [5, 5.41) is 2.92. The van der Waals surface area contributed by atoms with Crippen molar-refractivity contribution in [3.8, 4) is 0 Å². The molecular formula is C19H23NO3. The Hall–Kier alpha value is -1.97. The molecule has 2 aliphatic rings. The molecule has 122 valence electrons. The number of amides is 1. The SMILES string of the molecule is Cc1ccc(C)c(NC(=O)[C@]23CC[C@@](C)(C(=O)C2=O)C3(C)C)c1. The third-order valence-corrected chi connectivity index (χ3v) is 6.57. The van der Waals surface area contributed by atoms with Gasteiger partial charge in [-0.15, -0.1) is 0 Å². The number of nitrogens with one attached hydrogen (secondary N) is 1. The molecule has 1 aromatic carbocycles. The van der Waals surface area contributed by atoms with Crippen LogP contribution in [0.15, 0.2) is 18.2 Å². The van der Waals surface area contributed by atoms with Crippen molar-refractivity contribution in [1.29, 1.82) is 0 Å². The standard InChI is InChI=1S/C19H23NO3/c1-11-6-7-12(2)13(10-11)20-16(23)19-9-8-18(5,17(19,3)4)14(21)15(19)22/h6-7,10H,8-9H2,1-5H3,(H,20,23)/t18-,19-/m0/s1. The first-order valence-corrected chi connectivity index (χ1v) is 8.06. The van der Waals surface area contributed by atoms with Gasteiger partial charge in [-0.2, -0.15) is 0 Å². The van der Waals surface area contributed by atoms with Crippen molar-refractivity contribution in [2.45, 2.75) is 47.5 Å². The number of ketones is 2. The Bertz CT molecular complexity index is 749. The third kappa shape index (κ3) is 1.69. The molecule has 0 radical (unpaired) electrons. The highest BCUT2D eigenvalue weighted by Crippen LogP contribution is 2.69. The molecule has 4 heteroatoms. The van der Waals surface area contributed by atoms with Crippen LogP contribution in [0, 0.1) is 30.1 Å². The summed E-state index contributed by atoms with van der Waals surface area (Å²) in [6.45, 7) is 9.45. The van der Waals surface area contributed by atoms with Crippen molar-refractivity contribution in [2.75, 3.05) is 5.32 Å². The number of hydrogen-bond acceptors (Lipinski definition) is 3. The molecule has 2 saturated carbocycles. The molecule has 2 bridgehead atoms. The molecule has 1 N–H and O–H groups in total. The van der Waals surface area contributed by atoms with Gasteiger partial charge in [-0.05, 0) is 49.3 Å². The number of hydrogen-bond donors (Lipinski definition) is 1. The molecule has 2 aliphatic carbocycles. The van der Waals surface area contributed by atoms with E-state index in [4.69, 9.17) is 0 Å². The van der Waals surface area contributed by atoms with Crippen molar-refractivity contribution >= 4 is 23.2 Å². The molecule has 0 unspecified atom stereocenters. The summed E-state index contributed by atoms with van der Waals surface area (Å²) in [5.74, 6) is -1.24. The molecule has 0 aliphatic heterocycles. The maximum Gasteiger partial charge on any atom is 0.239 e. The molecule has 0 aromatic heterocycles. The Kier molecular flexibility index (Phi) is 3.13. The van der Waals surface area contributed by atoms with E-state index in [-0.39, 0.29) is 11.7 Å². The molecule has 4 nitrogen and oxygen atoms in total. The second-order valence-electron chi connectivity index (χ2n) is 7.79. The minimum Gasteiger partial charge on any atom is -0.325 e. The monoisotopic (exact) mass is 313 g/mol. The Labute approximate surface area is 136 Å². The van der Waals surface area contributed by atoms with E-state index >= 15 is 0 Å². The predicted octanol–water partition coefficient (Wildman–Crippen LogP) is 3.21. The topological polar surface area (TPSA) is 63.2 Å². The quantitative estimate of drug-likeness (QED) is 0.673. The summed E-state index contributed by atoms with van der Waals surface area (Å²) in [7, 11) is 0. The molecular weight excluding hydrogens is 290 g/mol. The Morgan fingerprint density at radius 2 is 1.70 bits per heavy atom. The van der Waals surface area contributed by atoms with Crippen molar-refractivity contribution in [3.05, 3.63) is 29.3 Å². The van der Waals surface area contributed by atoms with E-state index < -0.39 is 22.0 Å². The van der Waals surface area contributed by atoms with Gasteiger partial charge in [0.25, 0.3) is 0 Å². The largest absolute Gasteiger partial charge is 0.325 e. The van der Waals surface area contributed by atoms with Crippen LogP contribution in [0.25, 0.3) is 0 Å². The van der Waals surface area contributed by atoms with E-state index in [1.54, 1.807) is 0 Å². The van der Waals surface area contributed by atoms with Crippen LogP contribution >= 0.6 is 0 Å². The number of carbonyl (C=O) groups is 3. The fourth-order valence-electron chi connectivity index (χ4n) is 4.37. The zero-order valence-corrected chi connectivity index (χ0v) is 14.4. The van der Waals surface area contributed by atoms with Crippen LogP contribution in [0.1, 0.15) is 44.7 Å². The molecule has 1 aromatic rings. The van der Waals surface area contributed by atoms with Gasteiger partial charge in [-0.1, -0.05) is 32.9 Å². The van der Waals surface area contributed by atoms with Gasteiger partial charge in [0.2, 0.25) is 17.5 Å². The molecule has 3 rings (SSSR count). The average molecular weight is 313 g/mol. The van der Waals surface area contributed by atoms with E-state index in [2.05, 4.69) is 5.32 Å². The van der Waals surface area contributed by atoms with Gasteiger partial charge in [-0.25, -0.2) is 0 Å². The lowest BCUT2D eigenvalue weighted by molar-refractivity contribution is -0.147. The maximum absolute atomic E-state index is 13.1. The minimum absolute atomic E-state index is 0.337. The summed E-state index contributed by atoms with van der Waals surface area (Å²) < 4.78 is 0. The third-order valence-electron chi connectivity index (χ3n) is 6.57. The first kappa shape index (κ1) is 15.9. The Morgan fingerprint density at radius 3 is 2.26 bits per heavy atom. The van der Waals surface area contributed by atoms with E-state index in [0.717, 1.165) is 11.1 Å². The number of anilines is 1. The lowest BCUT2D eigenvalue weighted by atomic mass is 9.64. The highest BCUT2D eigenvalue weighted by molar-refractivity contribution is 6.49. The van der Waals surface area contributed by atoms with Crippen LogP contribution in [-0.4, -0.2) is 17.5 Å². The number of benzene rings is 1. The molecule has 0 spiro atoms. The summed E-state index contributed by atoms with van der Waals surface area (Å²) in [6, 6.07) is 5.81. The van der Waals surface area contributed by atoms with E-state index in [1.807, 2.05) is 52.8 Å². The summed E-state index contributed by atoms with van der Waals surface area (Å²) in [5.41, 5.74) is 0.0398. The molecule has 2 atom stereocenters. The zero-order valence-electron chi connectivity index (χ0n) is 14.4. The van der Waals surface area contributed by atoms with Gasteiger partial charge >= 0.3 is 0 Å². The van der Waals surface area contributed by atoms with Gasteiger partial charge in [0.1, 0.15) is 5.41 Å². The van der Waals surface area contributed by atoms with Crippen LogP contribution in [0.5, 0.6) is 0 Å². The smallest absolute Gasteiger partial charge is 0.239 e. The van der Waals surface area contributed by atoms with Crippen molar-refractivity contribution in [2.24, 2.45) is 16.2 Å². The summed E-state index contributed by atoms with van der Waals surface area (Å²) in [6.07, 6.45) is 1.03. The number of aryl methyl sites for hydroxylation is 2. The number of fused-ring (bicyclic) bond motifs is 2. The van der Waals surface area contributed by atoms with Crippen LogP contribution < -0.4 is 5.32 Å². The van der Waals surface area contributed by atoms with E-state index in [1.165, 1.54) is 0 Å². The Balaban J connectivity index is 2.04. The minimum atomic E-state index is -1.24. The first-order valence-electron chi connectivity index (χ1n) is 8.06. The number of rotatable bonds is 2. The molecule has 0 saturated heterocycles. The number of Topliss-reactive ketones (excluding diaryl/α,β-unsaturated/α-hetero) is 2. The lowest BCUT2D eigenvalue weighted by Gasteiger charge is -2.37. The van der Waals surface area contributed by atoms with Gasteiger partial charge < -0.3 is 5.32 Å². The molecule has 0 heterocycles. The van der Waals surface area contributed by atoms with Crippen molar-refractivity contribution in [1.82, 2.24) is 0 Å². The van der Waals surface area contributed by atoms with Crippen molar-refractivity contribution < 1.29 is 14.4 Å². The lowest BCUT2D eigenvalue weighted by Crippen LogP contribution is -2.47. The summed E-state index contributed by atoms with van der Waals surface area (Å²) in [4.78, 5) is 38.2. The zero-order chi connectivity index (χ0) is 17.2. The predicted molar refractivity (Wildman–Crippen MR) is 88.1 cm³/mol. The number of carbonyl (C=O) groups excluding carboxylic acids is 3. The summed E-state index contributed by atoms with van der Waals surface area (Å²) >= 11 is 0. The average Bonchev–Trinajstić information content (AvgIpc) is 2.75. The van der Waals surface area contributed by atoms with Crippen LogP contribution in [0.4, 0.5) is 5.69 Å². The maximum atomic E-state index is 13.1. The van der Waals surface area contributed by atoms with Gasteiger partial charge in [0.05, 0.1) is 0 Å². The van der Waals surface area contributed by atoms with Gasteiger partial charge in [0.15, 0.2) is 0 Å². The second-order valence-corrected chi connectivity index (χ2v) is 7.79. The Morgan fingerprint density at radius 1 is 1.04 bits per heavy atom. The fourth-order valence-corrected chi connectivity index (χ4v) is 4.37. The van der Waals surface area contributed by atoms with Crippen LogP contribution in [0.2, 0.25) is 0 Å². The molecule has 1 amide bonds. The van der Waals surface area contributed by atoms with Gasteiger partial charge in [0, 0.05) is 11.1 Å². The van der Waals surface area contributed by atoms with Gasteiger partial charge in [-0.3, -0.25) is 14.4 Å². The van der Waals surface area contributed by atoms with E-state index in [9.17, 15) is 14.4 Å². The molecule has 23 heavy (non-hydrogen) atoms. The van der Waals surface area contributed by atoms with Crippen molar-refractivity contribution in [3.63, 3.8) is 0 Å². The molecule has 2 fully saturated rings. The van der Waals surface area contributed by atoms with Crippen LogP contribution in [0.3, 0.4) is 0 Å². The normalized spacial score (nSPS) is 31.5. The fraction of sp³-hybridized carbons (Fsp3) is 0.526. The highest BCUT2D eigenvalue weighted by Gasteiger charge is 2.77. The van der Waals surface area contributed by atoms with Crippen LogP contribution in [-0.2, 0) is 14.4 Å².